The van der Waals surface area contributed by atoms with Gasteiger partial charge in [-0.1, -0.05) is 30.3 Å². The second kappa shape index (κ2) is 8.17. The van der Waals surface area contributed by atoms with Crippen molar-refractivity contribution >= 4 is 39.2 Å². The molecule has 2 aromatic heterocycles. The second-order valence-corrected chi connectivity index (χ2v) is 7.28. The molecule has 0 aliphatic carbocycles. The van der Waals surface area contributed by atoms with E-state index in [-0.39, 0.29) is 24.6 Å². The molecule has 2 heterocycles. The van der Waals surface area contributed by atoms with Crippen molar-refractivity contribution < 1.29 is 4.79 Å². The Balaban J connectivity index is 1.49. The van der Waals surface area contributed by atoms with E-state index in [0.29, 0.717) is 16.0 Å². The third kappa shape index (κ3) is 4.40. The Bertz CT molecular complexity index is 976. The molecule has 1 aromatic carbocycles. The van der Waals surface area contributed by atoms with E-state index >= 15 is 0 Å². The second-order valence-electron chi connectivity index (χ2n) is 5.38. The Morgan fingerprint density at radius 1 is 1.20 bits per heavy atom. The highest BCUT2D eigenvalue weighted by molar-refractivity contribution is 7.99. The highest BCUT2D eigenvalue weighted by Crippen LogP contribution is 2.12. The Labute approximate surface area is 151 Å². The van der Waals surface area contributed by atoms with Gasteiger partial charge in [-0.3, -0.25) is 14.2 Å². The fraction of sp³-hybridized carbons (Fsp3) is 0.235. The summed E-state index contributed by atoms with van der Waals surface area (Å²) in [6.45, 7) is 0.391. The van der Waals surface area contributed by atoms with Crippen LogP contribution in [0.5, 0.6) is 0 Å². The monoisotopic (exact) mass is 375 g/mol. The van der Waals surface area contributed by atoms with Gasteiger partial charge in [0.1, 0.15) is 4.70 Å². The molecule has 0 spiro atoms. The van der Waals surface area contributed by atoms with E-state index in [1.807, 2.05) is 30.3 Å². The van der Waals surface area contributed by atoms with Crippen LogP contribution < -0.4 is 16.6 Å². The van der Waals surface area contributed by atoms with Crippen molar-refractivity contribution in [2.45, 2.75) is 12.3 Å². The van der Waals surface area contributed by atoms with Gasteiger partial charge in [-0.25, -0.2) is 4.79 Å². The van der Waals surface area contributed by atoms with Gasteiger partial charge in [0.15, 0.2) is 0 Å². The number of benzene rings is 1. The number of aromatic nitrogens is 2. The number of rotatable bonds is 7. The van der Waals surface area contributed by atoms with Crippen molar-refractivity contribution in [2.24, 2.45) is 0 Å². The third-order valence-electron chi connectivity index (χ3n) is 3.59. The number of hydrogen-bond acceptors (Lipinski definition) is 5. The number of carbonyl (C=O) groups is 1. The predicted molar refractivity (Wildman–Crippen MR) is 102 cm³/mol. The first-order chi connectivity index (χ1) is 12.1. The predicted octanol–water partition coefficient (Wildman–Crippen LogP) is 1.80. The number of hydrogen-bond donors (Lipinski definition) is 2. The molecule has 0 aliphatic rings. The average molecular weight is 375 g/mol. The number of thioether (sulfide) groups is 1. The van der Waals surface area contributed by atoms with Gasteiger partial charge in [0, 0.05) is 18.8 Å². The smallest absolute Gasteiger partial charge is 0.328 e. The van der Waals surface area contributed by atoms with E-state index in [1.165, 1.54) is 28.7 Å². The first-order valence-corrected chi connectivity index (χ1v) is 9.77. The number of nitrogens with one attached hydrogen (secondary N) is 2. The van der Waals surface area contributed by atoms with Crippen LogP contribution in [0.1, 0.15) is 5.56 Å². The normalized spacial score (nSPS) is 10.9. The SMILES string of the molecule is O=C(CSCc1ccccc1)NCCn1c(=O)[nH]c2ccsc2c1=O. The number of aromatic amines is 1. The molecule has 0 fully saturated rings. The Morgan fingerprint density at radius 2 is 2.00 bits per heavy atom. The molecule has 2 N–H and O–H groups in total. The number of H-pyrrole nitrogens is 1. The molecule has 8 heteroatoms. The van der Waals surface area contributed by atoms with Gasteiger partial charge in [0.2, 0.25) is 5.91 Å². The van der Waals surface area contributed by atoms with E-state index in [0.717, 1.165) is 10.3 Å². The molecule has 0 aliphatic heterocycles. The zero-order chi connectivity index (χ0) is 17.6. The van der Waals surface area contributed by atoms with Crippen molar-refractivity contribution in [2.75, 3.05) is 12.3 Å². The van der Waals surface area contributed by atoms with Crippen molar-refractivity contribution in [1.29, 1.82) is 0 Å². The van der Waals surface area contributed by atoms with Crippen LogP contribution in [0.3, 0.4) is 0 Å². The fourth-order valence-electron chi connectivity index (χ4n) is 2.37. The molecule has 0 unspecified atom stereocenters. The van der Waals surface area contributed by atoms with Crippen LogP contribution in [0, 0.1) is 0 Å². The summed E-state index contributed by atoms with van der Waals surface area (Å²) < 4.78 is 1.64. The van der Waals surface area contributed by atoms with Gasteiger partial charge >= 0.3 is 5.69 Å². The summed E-state index contributed by atoms with van der Waals surface area (Å²) in [6, 6.07) is 11.6. The topological polar surface area (TPSA) is 84.0 Å². The van der Waals surface area contributed by atoms with Crippen LogP contribution in [-0.2, 0) is 17.1 Å². The molecule has 25 heavy (non-hydrogen) atoms. The maximum atomic E-state index is 12.3. The van der Waals surface area contributed by atoms with Crippen molar-refractivity contribution in [3.05, 3.63) is 68.2 Å². The lowest BCUT2D eigenvalue weighted by atomic mass is 10.2. The fourth-order valence-corrected chi connectivity index (χ4v) is 3.98. The van der Waals surface area contributed by atoms with E-state index in [2.05, 4.69) is 10.3 Å². The summed E-state index contributed by atoms with van der Waals surface area (Å²) in [5.41, 5.74) is 0.949. The van der Waals surface area contributed by atoms with E-state index < -0.39 is 5.69 Å². The van der Waals surface area contributed by atoms with Crippen molar-refractivity contribution in [3.8, 4) is 0 Å². The van der Waals surface area contributed by atoms with Crippen molar-refractivity contribution in [3.63, 3.8) is 0 Å². The molecule has 0 saturated heterocycles. The highest BCUT2D eigenvalue weighted by Gasteiger charge is 2.09. The largest absolute Gasteiger partial charge is 0.354 e. The molecule has 3 aromatic rings. The highest BCUT2D eigenvalue weighted by atomic mass is 32.2. The quantitative estimate of drug-likeness (QED) is 0.660. The molecule has 0 bridgehead atoms. The Kier molecular flexibility index (Phi) is 5.72. The summed E-state index contributed by atoms with van der Waals surface area (Å²) in [4.78, 5) is 38.7. The molecule has 6 nitrogen and oxygen atoms in total. The van der Waals surface area contributed by atoms with Crippen LogP contribution in [0.4, 0.5) is 0 Å². The first kappa shape index (κ1) is 17.5. The van der Waals surface area contributed by atoms with Crippen LogP contribution in [-0.4, -0.2) is 27.8 Å². The molecule has 0 radical (unpaired) electrons. The van der Waals surface area contributed by atoms with E-state index in [9.17, 15) is 14.4 Å². The Hall–Kier alpha value is -2.32. The molecular weight excluding hydrogens is 358 g/mol. The number of carbonyl (C=O) groups excluding carboxylic acids is 1. The van der Waals surface area contributed by atoms with Crippen LogP contribution in [0.15, 0.2) is 51.4 Å². The number of thiophene rings is 1. The molecule has 130 valence electrons. The summed E-state index contributed by atoms with van der Waals surface area (Å²) >= 11 is 2.81. The van der Waals surface area contributed by atoms with Crippen LogP contribution in [0.25, 0.3) is 10.2 Å². The molecule has 1 amide bonds. The van der Waals surface area contributed by atoms with Gasteiger partial charge in [-0.15, -0.1) is 23.1 Å². The zero-order valence-electron chi connectivity index (χ0n) is 13.4. The zero-order valence-corrected chi connectivity index (χ0v) is 15.0. The van der Waals surface area contributed by atoms with E-state index in [1.54, 1.807) is 11.4 Å². The first-order valence-electron chi connectivity index (χ1n) is 7.74. The van der Waals surface area contributed by atoms with Gasteiger partial charge in [-0.2, -0.15) is 0 Å². The lowest BCUT2D eigenvalue weighted by Gasteiger charge is -2.07. The average Bonchev–Trinajstić information content (AvgIpc) is 3.07. The van der Waals surface area contributed by atoms with E-state index in [4.69, 9.17) is 0 Å². The van der Waals surface area contributed by atoms with Crippen LogP contribution in [0.2, 0.25) is 0 Å². The molecular formula is C17H17N3O3S2. The lowest BCUT2D eigenvalue weighted by molar-refractivity contribution is -0.118. The van der Waals surface area contributed by atoms with Gasteiger partial charge in [0.05, 0.1) is 11.3 Å². The molecule has 0 atom stereocenters. The standard InChI is InChI=1S/C17H17N3O3S2/c21-14(11-24-10-12-4-2-1-3-5-12)18-7-8-20-16(22)15-13(6-9-25-15)19-17(20)23/h1-6,9H,7-8,10-11H2,(H,18,21)(H,19,23). The summed E-state index contributed by atoms with van der Waals surface area (Å²) in [7, 11) is 0. The molecule has 0 saturated carbocycles. The number of nitrogens with zero attached hydrogens (tertiary/aromatic N) is 1. The summed E-state index contributed by atoms with van der Waals surface area (Å²) in [5, 5.41) is 4.51. The van der Waals surface area contributed by atoms with Crippen LogP contribution >= 0.6 is 23.1 Å². The van der Waals surface area contributed by atoms with Gasteiger partial charge in [0.25, 0.3) is 5.56 Å². The Morgan fingerprint density at radius 3 is 2.80 bits per heavy atom. The third-order valence-corrected chi connectivity index (χ3v) is 5.50. The van der Waals surface area contributed by atoms with Gasteiger partial charge in [-0.05, 0) is 17.0 Å². The maximum Gasteiger partial charge on any atom is 0.328 e. The number of amides is 1. The van der Waals surface area contributed by atoms with Crippen molar-refractivity contribution in [1.82, 2.24) is 14.9 Å². The minimum Gasteiger partial charge on any atom is -0.354 e. The summed E-state index contributed by atoms with van der Waals surface area (Å²) in [6.07, 6.45) is 0. The molecule has 3 rings (SSSR count). The maximum absolute atomic E-state index is 12.3. The lowest BCUT2D eigenvalue weighted by Crippen LogP contribution is -2.39. The number of fused-ring (bicyclic) bond motifs is 1. The summed E-state index contributed by atoms with van der Waals surface area (Å²) in [5.74, 6) is 0.995. The minimum atomic E-state index is -0.455. The minimum absolute atomic E-state index is 0.109. The van der Waals surface area contributed by atoms with Gasteiger partial charge < -0.3 is 10.3 Å².